The fourth-order valence-corrected chi connectivity index (χ4v) is 8.01. The highest BCUT2D eigenvalue weighted by Gasteiger charge is 2.61. The number of rotatable bonds is 13. The Balaban J connectivity index is 0.000000460. The molecule has 0 bridgehead atoms. The van der Waals surface area contributed by atoms with Gasteiger partial charge in [-0.05, 0) is 57.5 Å². The first-order valence-electron chi connectivity index (χ1n) is 24.9. The van der Waals surface area contributed by atoms with Crippen LogP contribution in [-0.2, 0) is 35.1 Å². The summed E-state index contributed by atoms with van der Waals surface area (Å²) in [5, 5.41) is 2.79. The van der Waals surface area contributed by atoms with Crippen LogP contribution in [0.25, 0.3) is 0 Å². The Hall–Kier alpha value is -5.92. The third-order valence-electron chi connectivity index (χ3n) is 11.5. The number of halogens is 14. The van der Waals surface area contributed by atoms with E-state index in [1.54, 1.807) is 38.7 Å². The number of hydrogen-bond acceptors (Lipinski definition) is 11. The number of carbonyl (C=O) groups excluding carboxylic acids is 5. The second kappa shape index (κ2) is 29.4. The summed E-state index contributed by atoms with van der Waals surface area (Å²) >= 11 is 0. The van der Waals surface area contributed by atoms with Crippen molar-refractivity contribution in [2.45, 2.75) is 123 Å². The molecule has 0 aromatic heterocycles. The molecule has 0 saturated carbocycles. The standard InChI is InChI=1S/C26H33F7N2O4Si.C18H23FO3Si.C8H10F6N2O2/c1-24(2,22(36)38-15-16-40(3,4)5)10-9-19-18(7-6-8-20(19)27)17-34-11-13-35(14-12-34)23(37)39-21(25(28,29)30)26(31,32)33;1-18(2,17(21)22-11-12-23(3,4)5)10-9-15-14(13-20)7-6-8-16(15)19;9-7(10,11)5(8(12,13)14)18-6(17)16-3-1-15-2-4-16/h6-8,21H,11-17H2,1-5H3;6-8,13H,11-12H2,1-5H3;5,15H,1-4H2. The third-order valence-corrected chi connectivity index (χ3v) is 14.9. The number of nitrogens with zero attached hydrogens (tertiary/aromatic N) is 3. The lowest BCUT2D eigenvalue weighted by molar-refractivity contribution is -0.309. The van der Waals surface area contributed by atoms with Gasteiger partial charge in [-0.1, -0.05) is 87.2 Å². The number of piperazine rings is 2. The van der Waals surface area contributed by atoms with Crippen LogP contribution in [0.15, 0.2) is 36.4 Å². The first-order valence-corrected chi connectivity index (χ1v) is 32.3. The Morgan fingerprint density at radius 3 is 1.33 bits per heavy atom. The number of nitrogens with one attached hydrogen (secondary N) is 1. The Labute approximate surface area is 462 Å². The van der Waals surface area contributed by atoms with E-state index in [0.717, 1.165) is 21.9 Å². The minimum atomic E-state index is -5.80. The van der Waals surface area contributed by atoms with E-state index in [4.69, 9.17) is 9.47 Å². The predicted molar refractivity (Wildman–Crippen MR) is 274 cm³/mol. The molecular weight excluding hydrogens is 1150 g/mol. The number of amides is 2. The topological polar surface area (TPSA) is 144 Å². The molecule has 0 atom stereocenters. The van der Waals surface area contributed by atoms with Crippen LogP contribution in [0.3, 0.4) is 0 Å². The molecule has 4 rings (SSSR count). The van der Waals surface area contributed by atoms with Gasteiger partial charge in [-0.3, -0.25) is 19.3 Å². The zero-order valence-electron chi connectivity index (χ0n) is 46.2. The molecule has 0 spiro atoms. The molecule has 2 fully saturated rings. The maximum absolute atomic E-state index is 14.7. The van der Waals surface area contributed by atoms with Crippen LogP contribution in [0.1, 0.15) is 54.7 Å². The Morgan fingerprint density at radius 1 is 0.580 bits per heavy atom. The number of esters is 2. The van der Waals surface area contributed by atoms with Crippen molar-refractivity contribution >= 4 is 46.6 Å². The number of alkyl halides is 12. The second-order valence-electron chi connectivity index (χ2n) is 21.9. The maximum atomic E-state index is 14.7. The van der Waals surface area contributed by atoms with Crippen molar-refractivity contribution in [3.8, 4) is 23.7 Å². The quantitative estimate of drug-likeness (QED) is 0.0511. The van der Waals surface area contributed by atoms with E-state index in [9.17, 15) is 85.4 Å². The van der Waals surface area contributed by atoms with Crippen molar-refractivity contribution in [1.29, 1.82) is 0 Å². The summed E-state index contributed by atoms with van der Waals surface area (Å²) in [6.45, 7) is 20.5. The lowest BCUT2D eigenvalue weighted by atomic mass is 9.93. The third kappa shape index (κ3) is 25.0. The van der Waals surface area contributed by atoms with E-state index < -0.39 is 99.7 Å². The average molecular weight is 1210 g/mol. The van der Waals surface area contributed by atoms with Crippen LogP contribution in [0, 0.1) is 46.1 Å². The molecule has 2 aromatic rings. The van der Waals surface area contributed by atoms with E-state index in [1.807, 2.05) is 0 Å². The zero-order chi connectivity index (χ0) is 62.2. The number of hydrogen-bond donors (Lipinski definition) is 1. The smallest absolute Gasteiger partial charge is 0.434 e. The van der Waals surface area contributed by atoms with E-state index in [0.29, 0.717) is 18.5 Å². The van der Waals surface area contributed by atoms with Crippen LogP contribution >= 0.6 is 0 Å². The van der Waals surface area contributed by atoms with Crippen LogP contribution in [0.2, 0.25) is 51.4 Å². The van der Waals surface area contributed by atoms with Gasteiger partial charge in [0.2, 0.25) is 0 Å². The average Bonchev–Trinajstić information content (AvgIpc) is 3.32. The predicted octanol–water partition coefficient (Wildman–Crippen LogP) is 11.3. The molecule has 81 heavy (non-hydrogen) atoms. The highest BCUT2D eigenvalue weighted by Crippen LogP contribution is 2.37. The van der Waals surface area contributed by atoms with E-state index in [-0.39, 0.29) is 82.2 Å². The van der Waals surface area contributed by atoms with Gasteiger partial charge in [0, 0.05) is 80.6 Å². The number of ether oxygens (including phenoxy) is 4. The molecule has 1 N–H and O–H groups in total. The molecule has 2 aromatic carbocycles. The fourth-order valence-electron chi connectivity index (χ4n) is 6.58. The summed E-state index contributed by atoms with van der Waals surface area (Å²) in [4.78, 5) is 62.1. The molecule has 0 aliphatic carbocycles. The fraction of sp³-hybridized carbons (Fsp3) is 0.596. The van der Waals surface area contributed by atoms with E-state index in [2.05, 4.69) is 77.8 Å². The van der Waals surface area contributed by atoms with Crippen LogP contribution < -0.4 is 5.32 Å². The molecule has 2 heterocycles. The van der Waals surface area contributed by atoms with Crippen LogP contribution in [0.4, 0.5) is 71.1 Å². The first-order chi connectivity index (χ1) is 36.9. The second-order valence-corrected chi connectivity index (χ2v) is 33.2. The van der Waals surface area contributed by atoms with Crippen LogP contribution in [-0.4, -0.2) is 164 Å². The summed E-state index contributed by atoms with van der Waals surface area (Å²) in [6, 6.07) is 10.1. The summed E-state index contributed by atoms with van der Waals surface area (Å²) in [5.74, 6) is 8.68. The highest BCUT2D eigenvalue weighted by molar-refractivity contribution is 6.76. The van der Waals surface area contributed by atoms with Crippen molar-refractivity contribution in [2.24, 2.45) is 10.8 Å². The van der Waals surface area contributed by atoms with E-state index in [1.165, 1.54) is 30.3 Å². The van der Waals surface area contributed by atoms with Gasteiger partial charge in [-0.15, -0.1) is 0 Å². The van der Waals surface area contributed by atoms with Gasteiger partial charge in [-0.2, -0.15) is 52.7 Å². The van der Waals surface area contributed by atoms with Gasteiger partial charge in [0.1, 0.15) is 22.5 Å². The Kier molecular flexibility index (Phi) is 25.8. The van der Waals surface area contributed by atoms with Crippen molar-refractivity contribution in [3.05, 3.63) is 70.3 Å². The first kappa shape index (κ1) is 71.2. The minimum Gasteiger partial charge on any atom is -0.465 e. The van der Waals surface area contributed by atoms with Gasteiger partial charge < -0.3 is 34.1 Å². The van der Waals surface area contributed by atoms with Crippen LogP contribution in [0.5, 0.6) is 0 Å². The van der Waals surface area contributed by atoms with Crippen molar-refractivity contribution in [2.75, 3.05) is 65.6 Å². The normalized spacial score (nSPS) is 14.9. The maximum Gasteiger partial charge on any atom is 0.434 e. The molecule has 13 nitrogen and oxygen atoms in total. The summed E-state index contributed by atoms with van der Waals surface area (Å²) in [7, 11) is -2.69. The monoisotopic (exact) mass is 1210 g/mol. The van der Waals surface area contributed by atoms with Crippen molar-refractivity contribution < 1.29 is 104 Å². The molecule has 454 valence electrons. The van der Waals surface area contributed by atoms with Gasteiger partial charge in [0.05, 0.1) is 24.3 Å². The van der Waals surface area contributed by atoms with Gasteiger partial charge in [-0.25, -0.2) is 18.4 Å². The lowest BCUT2D eigenvalue weighted by Crippen LogP contribution is -2.52. The largest absolute Gasteiger partial charge is 0.465 e. The van der Waals surface area contributed by atoms with Gasteiger partial charge in [0.15, 0.2) is 6.29 Å². The molecule has 0 radical (unpaired) electrons. The number of carbonyl (C=O) groups is 5. The summed E-state index contributed by atoms with van der Waals surface area (Å²) in [6.07, 6.45) is -34.1. The number of aldehydes is 1. The zero-order valence-corrected chi connectivity index (χ0v) is 48.2. The van der Waals surface area contributed by atoms with Gasteiger partial charge in [0.25, 0.3) is 12.2 Å². The SMILES string of the molecule is CC(C)(C#Cc1c(F)cccc1C=O)C(=O)OCC[Si](C)(C)C.CC(C)(C#Cc1c(F)cccc1CN1CCN(C(=O)OC(C(F)(F)F)C(F)(F)F)CC1)C(=O)OCC[Si](C)(C)C.O=C(OC(C(F)(F)F)C(F)(F)F)N1CCNCC1. The molecule has 2 aliphatic rings. The Bertz CT molecular complexity index is 2550. The Morgan fingerprint density at radius 2 is 0.951 bits per heavy atom. The van der Waals surface area contributed by atoms with E-state index >= 15 is 0 Å². The van der Waals surface area contributed by atoms with Crippen molar-refractivity contribution in [3.63, 3.8) is 0 Å². The number of benzene rings is 2. The molecule has 29 heteroatoms. The molecular formula is C52H66F14N4O9Si2. The minimum absolute atomic E-state index is 0.00126. The highest BCUT2D eigenvalue weighted by atomic mass is 28.3. The molecule has 0 unspecified atom stereocenters. The molecule has 2 saturated heterocycles. The molecule has 2 amide bonds. The summed E-state index contributed by atoms with van der Waals surface area (Å²) in [5.41, 5.74) is -1.60. The van der Waals surface area contributed by atoms with Crippen molar-refractivity contribution in [1.82, 2.24) is 20.0 Å². The lowest BCUT2D eigenvalue weighted by Gasteiger charge is -2.35. The van der Waals surface area contributed by atoms with Gasteiger partial charge >= 0.3 is 48.8 Å². The molecule has 2 aliphatic heterocycles. The summed E-state index contributed by atoms with van der Waals surface area (Å²) < 4.78 is 195.